The van der Waals surface area contributed by atoms with Gasteiger partial charge in [0.15, 0.2) is 0 Å². The molecule has 0 atom stereocenters. The number of aliphatic hydroxyl groups excluding tert-OH is 1. The second kappa shape index (κ2) is 9.02. The number of halogens is 1. The molecule has 1 N–H and O–H groups in total. The first kappa shape index (κ1) is 19.0. The minimum absolute atomic E-state index is 0. The fourth-order valence-corrected chi connectivity index (χ4v) is 1.50. The maximum Gasteiger partial charge on any atom is 1.00 e. The molecule has 0 aliphatic heterocycles. The van der Waals surface area contributed by atoms with Gasteiger partial charge in [-0.3, -0.25) is 0 Å². The molecule has 0 aliphatic rings. The third kappa shape index (κ3) is 4.83. The number of carbonyl (C=O) groups excluding carboxylic acids is 2. The number of carbonyl (C=O) groups is 2. The Balaban J connectivity index is 0.00000361. The van der Waals surface area contributed by atoms with Crippen molar-refractivity contribution in [2.24, 2.45) is 0 Å². The van der Waals surface area contributed by atoms with Gasteiger partial charge >= 0.3 is 41.5 Å². The fraction of sp³-hybridized carbons (Fsp3) is 0.231. The van der Waals surface area contributed by atoms with E-state index in [9.17, 15) is 14.7 Å². The van der Waals surface area contributed by atoms with Crippen LogP contribution in [0.4, 0.5) is 0 Å². The topological polar surface area (TPSA) is 72.8 Å². The first-order chi connectivity index (χ1) is 9.01. The summed E-state index contributed by atoms with van der Waals surface area (Å²) in [4.78, 5) is 23.1. The largest absolute Gasteiger partial charge is 1.00 e. The Morgan fingerprint density at radius 3 is 2.20 bits per heavy atom. The fourth-order valence-electron chi connectivity index (χ4n) is 1.37. The molecular weight excluding hydrogens is 295 g/mol. The van der Waals surface area contributed by atoms with Crippen molar-refractivity contribution < 1.29 is 53.7 Å². The molecule has 1 rings (SSSR count). The Hall–Kier alpha value is -1.01. The van der Waals surface area contributed by atoms with E-state index < -0.39 is 17.7 Å². The predicted molar refractivity (Wildman–Crippen MR) is 69.6 cm³/mol. The number of hydrogen-bond donors (Lipinski definition) is 1. The van der Waals surface area contributed by atoms with Crippen LogP contribution in [-0.4, -0.2) is 30.8 Å². The van der Waals surface area contributed by atoms with Gasteiger partial charge in [0.1, 0.15) is 5.57 Å². The maximum atomic E-state index is 11.7. The van der Waals surface area contributed by atoms with Crippen molar-refractivity contribution in [3.05, 3.63) is 40.6 Å². The number of esters is 2. The van der Waals surface area contributed by atoms with Crippen LogP contribution in [0, 0.1) is 0 Å². The average molecular weight is 308 g/mol. The molecule has 102 valence electrons. The van der Waals surface area contributed by atoms with Crippen LogP contribution in [0.3, 0.4) is 0 Å². The van der Waals surface area contributed by atoms with Crippen LogP contribution in [0.2, 0.25) is 5.02 Å². The van der Waals surface area contributed by atoms with E-state index in [-0.39, 0.29) is 41.7 Å². The zero-order valence-electron chi connectivity index (χ0n) is 11.5. The minimum Gasteiger partial charge on any atom is -0.501 e. The Morgan fingerprint density at radius 2 is 1.75 bits per heavy atom. The minimum atomic E-state index is -0.988. The Bertz CT molecular complexity index is 510. The molecule has 0 heterocycles. The van der Waals surface area contributed by atoms with E-state index in [4.69, 9.17) is 11.6 Å². The SMILES string of the molecule is CCOC(=O)/C(O)=C(/C(=O)OC)c1ccc(Cl)cc1.[Na+]. The molecule has 0 unspecified atom stereocenters. The molecule has 0 saturated carbocycles. The molecular formula is C13H13ClNaO5+. The molecule has 0 radical (unpaired) electrons. The van der Waals surface area contributed by atoms with Gasteiger partial charge in [-0.1, -0.05) is 23.7 Å². The van der Waals surface area contributed by atoms with Crippen LogP contribution in [0.15, 0.2) is 30.0 Å². The second-order valence-electron chi connectivity index (χ2n) is 3.44. The normalized spacial score (nSPS) is 10.9. The zero-order valence-corrected chi connectivity index (χ0v) is 14.2. The molecule has 0 spiro atoms. The molecule has 1 aromatic rings. The number of rotatable bonds is 4. The summed E-state index contributed by atoms with van der Waals surface area (Å²) in [6.07, 6.45) is 0. The van der Waals surface area contributed by atoms with Gasteiger partial charge in [-0.2, -0.15) is 0 Å². The van der Waals surface area contributed by atoms with Gasteiger partial charge in [0.05, 0.1) is 13.7 Å². The van der Waals surface area contributed by atoms with Crippen molar-refractivity contribution in [2.75, 3.05) is 13.7 Å². The maximum absolute atomic E-state index is 11.7. The first-order valence-electron chi connectivity index (χ1n) is 5.45. The summed E-state index contributed by atoms with van der Waals surface area (Å²) >= 11 is 5.74. The molecule has 5 nitrogen and oxygen atoms in total. The standard InChI is InChI=1S/C13H13ClO5.Na/c1-3-19-13(17)11(15)10(12(16)18-2)8-4-6-9(14)7-5-8;/h4-7,15H,3H2,1-2H3;/q;+1/b11-10-;. The van der Waals surface area contributed by atoms with Gasteiger partial charge in [-0.15, -0.1) is 0 Å². The molecule has 1 aromatic carbocycles. The van der Waals surface area contributed by atoms with E-state index in [1.54, 1.807) is 6.92 Å². The summed E-state index contributed by atoms with van der Waals surface area (Å²) in [7, 11) is 1.15. The van der Waals surface area contributed by atoms with E-state index in [0.29, 0.717) is 10.6 Å². The van der Waals surface area contributed by atoms with E-state index in [1.165, 1.54) is 24.3 Å². The van der Waals surface area contributed by atoms with Crippen molar-refractivity contribution >= 4 is 29.1 Å². The van der Waals surface area contributed by atoms with Crippen molar-refractivity contribution in [3.63, 3.8) is 0 Å². The number of hydrogen-bond acceptors (Lipinski definition) is 5. The van der Waals surface area contributed by atoms with Crippen LogP contribution in [0.25, 0.3) is 5.57 Å². The summed E-state index contributed by atoms with van der Waals surface area (Å²) in [5.41, 5.74) is 0.0411. The predicted octanol–water partition coefficient (Wildman–Crippen LogP) is -0.651. The van der Waals surface area contributed by atoms with Crippen LogP contribution in [0.5, 0.6) is 0 Å². The van der Waals surface area contributed by atoms with E-state index >= 15 is 0 Å². The molecule has 0 aromatic heterocycles. The first-order valence-corrected chi connectivity index (χ1v) is 5.83. The van der Waals surface area contributed by atoms with Gasteiger partial charge in [-0.25, -0.2) is 9.59 Å². The van der Waals surface area contributed by atoms with Crippen molar-refractivity contribution in [1.29, 1.82) is 0 Å². The van der Waals surface area contributed by atoms with Gasteiger partial charge in [0.25, 0.3) is 0 Å². The molecule has 7 heteroatoms. The van der Waals surface area contributed by atoms with Gasteiger partial charge in [-0.05, 0) is 24.6 Å². The number of methoxy groups -OCH3 is 1. The average Bonchev–Trinajstić information content (AvgIpc) is 2.41. The summed E-state index contributed by atoms with van der Waals surface area (Å²) < 4.78 is 9.19. The third-order valence-corrected chi connectivity index (χ3v) is 2.48. The van der Waals surface area contributed by atoms with E-state index in [0.717, 1.165) is 7.11 Å². The van der Waals surface area contributed by atoms with E-state index in [1.807, 2.05) is 0 Å². The molecule has 20 heavy (non-hydrogen) atoms. The zero-order chi connectivity index (χ0) is 14.4. The van der Waals surface area contributed by atoms with Gasteiger partial charge < -0.3 is 14.6 Å². The van der Waals surface area contributed by atoms with Crippen molar-refractivity contribution in [2.45, 2.75) is 6.92 Å². The quantitative estimate of drug-likeness (QED) is 0.346. The van der Waals surface area contributed by atoms with Crippen molar-refractivity contribution in [1.82, 2.24) is 0 Å². The van der Waals surface area contributed by atoms with E-state index in [2.05, 4.69) is 9.47 Å². The molecule has 0 bridgehead atoms. The third-order valence-electron chi connectivity index (χ3n) is 2.23. The summed E-state index contributed by atoms with van der Waals surface area (Å²) in [6, 6.07) is 6.03. The molecule has 0 aliphatic carbocycles. The number of aliphatic hydroxyl groups is 1. The van der Waals surface area contributed by atoms with Gasteiger partial charge in [0.2, 0.25) is 5.76 Å². The molecule has 0 saturated heterocycles. The number of ether oxygens (including phenoxy) is 2. The van der Waals surface area contributed by atoms with Crippen LogP contribution >= 0.6 is 11.6 Å². The monoisotopic (exact) mass is 307 g/mol. The Kier molecular flexibility index (Phi) is 8.57. The van der Waals surface area contributed by atoms with Crippen molar-refractivity contribution in [3.8, 4) is 0 Å². The summed E-state index contributed by atoms with van der Waals surface area (Å²) in [6.45, 7) is 1.67. The van der Waals surface area contributed by atoms with Crippen LogP contribution < -0.4 is 29.6 Å². The molecule has 0 fully saturated rings. The van der Waals surface area contributed by atoms with Gasteiger partial charge in [0, 0.05) is 5.02 Å². The second-order valence-corrected chi connectivity index (χ2v) is 3.88. The smallest absolute Gasteiger partial charge is 0.501 e. The Morgan fingerprint density at radius 1 is 1.20 bits per heavy atom. The molecule has 0 amide bonds. The number of benzene rings is 1. The summed E-state index contributed by atoms with van der Waals surface area (Å²) in [5, 5.41) is 10.3. The Labute approximate surface area is 143 Å². The van der Waals surface area contributed by atoms with Crippen LogP contribution in [-0.2, 0) is 19.1 Å². The summed E-state index contributed by atoms with van der Waals surface area (Å²) in [5.74, 6) is -2.62. The van der Waals surface area contributed by atoms with Crippen LogP contribution in [0.1, 0.15) is 12.5 Å².